The molecule has 0 unspecified atom stereocenters. The number of nitrogens with zero attached hydrogens (tertiary/aromatic N) is 3. The quantitative estimate of drug-likeness (QED) is 0.691. The maximum Gasteiger partial charge on any atom is 0.0638 e. The van der Waals surface area contributed by atoms with Gasteiger partial charge in [-0.15, -0.1) is 0 Å². The van der Waals surface area contributed by atoms with Crippen LogP contribution in [-0.4, -0.2) is 41.0 Å². The fourth-order valence-electron chi connectivity index (χ4n) is 1.80. The van der Waals surface area contributed by atoms with Gasteiger partial charge in [0.05, 0.1) is 18.9 Å². The van der Waals surface area contributed by atoms with Crippen LogP contribution in [0.25, 0.3) is 0 Å². The van der Waals surface area contributed by atoms with E-state index in [1.165, 1.54) is 5.56 Å². The van der Waals surface area contributed by atoms with Crippen molar-refractivity contribution in [2.24, 2.45) is 7.05 Å². The van der Waals surface area contributed by atoms with E-state index in [4.69, 9.17) is 4.74 Å². The van der Waals surface area contributed by atoms with Crippen LogP contribution >= 0.6 is 0 Å². The maximum atomic E-state index is 5.31. The highest BCUT2D eigenvalue weighted by Crippen LogP contribution is 2.09. The highest BCUT2D eigenvalue weighted by molar-refractivity contribution is 5.14. The molecule has 1 aliphatic heterocycles. The Bertz CT molecular complexity index is 302. The minimum atomic E-state index is 0.860. The second kappa shape index (κ2) is 4.11. The molecule has 2 heterocycles. The molecule has 0 bridgehead atoms. The smallest absolute Gasteiger partial charge is 0.0638 e. The van der Waals surface area contributed by atoms with Crippen molar-refractivity contribution in [1.82, 2.24) is 14.7 Å². The Morgan fingerprint density at radius 1 is 1.43 bits per heavy atom. The SMILES string of the molecule is Cc1nn(C)cc1CN1CCOCC1. The fraction of sp³-hybridized carbons (Fsp3) is 0.700. The van der Waals surface area contributed by atoms with Crippen LogP contribution in [0.15, 0.2) is 6.20 Å². The Kier molecular flexibility index (Phi) is 2.84. The van der Waals surface area contributed by atoms with Crippen LogP contribution in [0.4, 0.5) is 0 Å². The molecule has 0 saturated carbocycles. The summed E-state index contributed by atoms with van der Waals surface area (Å²) in [6, 6.07) is 0. The van der Waals surface area contributed by atoms with Crippen molar-refractivity contribution in [3.8, 4) is 0 Å². The average molecular weight is 195 g/mol. The summed E-state index contributed by atoms with van der Waals surface area (Å²) in [6.07, 6.45) is 2.10. The van der Waals surface area contributed by atoms with Crippen molar-refractivity contribution in [3.05, 3.63) is 17.5 Å². The molecule has 1 saturated heterocycles. The normalized spacial score (nSPS) is 18.7. The molecule has 0 N–H and O–H groups in total. The molecule has 0 atom stereocenters. The highest BCUT2D eigenvalue weighted by Gasteiger charge is 2.12. The molecule has 78 valence electrons. The Morgan fingerprint density at radius 3 is 2.71 bits per heavy atom. The predicted molar refractivity (Wildman–Crippen MR) is 54.0 cm³/mol. The highest BCUT2D eigenvalue weighted by atomic mass is 16.5. The van der Waals surface area contributed by atoms with E-state index in [0.717, 1.165) is 38.5 Å². The first-order valence-corrected chi connectivity index (χ1v) is 5.05. The number of rotatable bonds is 2. The Balaban J connectivity index is 1.98. The van der Waals surface area contributed by atoms with E-state index >= 15 is 0 Å². The first-order valence-electron chi connectivity index (χ1n) is 5.05. The molecule has 0 aliphatic carbocycles. The van der Waals surface area contributed by atoms with Gasteiger partial charge in [-0.25, -0.2) is 0 Å². The molecule has 0 spiro atoms. The third kappa shape index (κ3) is 2.13. The van der Waals surface area contributed by atoms with E-state index in [9.17, 15) is 0 Å². The van der Waals surface area contributed by atoms with Crippen molar-refractivity contribution >= 4 is 0 Å². The van der Waals surface area contributed by atoms with Gasteiger partial charge in [0.1, 0.15) is 0 Å². The maximum absolute atomic E-state index is 5.31. The summed E-state index contributed by atoms with van der Waals surface area (Å²) in [5.74, 6) is 0. The summed E-state index contributed by atoms with van der Waals surface area (Å²) >= 11 is 0. The Hall–Kier alpha value is -0.870. The van der Waals surface area contributed by atoms with Crippen LogP contribution in [0.3, 0.4) is 0 Å². The molecule has 0 radical (unpaired) electrons. The number of hydrogen-bond acceptors (Lipinski definition) is 3. The monoisotopic (exact) mass is 195 g/mol. The standard InChI is InChI=1S/C10H17N3O/c1-9-10(7-12(2)11-9)8-13-3-5-14-6-4-13/h7H,3-6,8H2,1-2H3. The molecule has 0 aromatic carbocycles. The molecule has 4 heteroatoms. The minimum Gasteiger partial charge on any atom is -0.379 e. The van der Waals surface area contributed by atoms with E-state index in [1.807, 2.05) is 11.7 Å². The van der Waals surface area contributed by atoms with Gasteiger partial charge in [0.25, 0.3) is 0 Å². The molecule has 1 aromatic heterocycles. The van der Waals surface area contributed by atoms with E-state index in [0.29, 0.717) is 0 Å². The van der Waals surface area contributed by atoms with E-state index < -0.39 is 0 Å². The van der Waals surface area contributed by atoms with E-state index in [2.05, 4.69) is 23.1 Å². The summed E-state index contributed by atoms with van der Waals surface area (Å²) in [7, 11) is 1.97. The molecule has 1 aromatic rings. The van der Waals surface area contributed by atoms with Gasteiger partial charge in [-0.2, -0.15) is 5.10 Å². The van der Waals surface area contributed by atoms with Gasteiger partial charge in [-0.05, 0) is 6.92 Å². The topological polar surface area (TPSA) is 30.3 Å². The van der Waals surface area contributed by atoms with Gasteiger partial charge in [0.2, 0.25) is 0 Å². The van der Waals surface area contributed by atoms with Gasteiger partial charge in [-0.1, -0.05) is 0 Å². The second-order valence-electron chi connectivity index (χ2n) is 3.80. The lowest BCUT2D eigenvalue weighted by molar-refractivity contribution is 0.0341. The van der Waals surface area contributed by atoms with E-state index in [-0.39, 0.29) is 0 Å². The summed E-state index contributed by atoms with van der Waals surface area (Å²) in [5, 5.41) is 4.34. The van der Waals surface area contributed by atoms with Gasteiger partial charge < -0.3 is 4.74 Å². The third-order valence-corrected chi connectivity index (χ3v) is 2.61. The molecule has 4 nitrogen and oxygen atoms in total. The Morgan fingerprint density at radius 2 is 2.14 bits per heavy atom. The molecule has 14 heavy (non-hydrogen) atoms. The number of morpholine rings is 1. The third-order valence-electron chi connectivity index (χ3n) is 2.61. The van der Waals surface area contributed by atoms with Crippen LogP contribution in [0.2, 0.25) is 0 Å². The van der Waals surface area contributed by atoms with E-state index in [1.54, 1.807) is 0 Å². The summed E-state index contributed by atoms with van der Waals surface area (Å²) in [4.78, 5) is 2.41. The summed E-state index contributed by atoms with van der Waals surface area (Å²) in [5.41, 5.74) is 2.47. The lowest BCUT2D eigenvalue weighted by atomic mass is 10.2. The van der Waals surface area contributed by atoms with Crippen molar-refractivity contribution < 1.29 is 4.74 Å². The molecule has 1 aliphatic rings. The van der Waals surface area contributed by atoms with Crippen molar-refractivity contribution in [1.29, 1.82) is 0 Å². The minimum absolute atomic E-state index is 0.860. The molecule has 0 amide bonds. The van der Waals surface area contributed by atoms with Crippen LogP contribution in [0.5, 0.6) is 0 Å². The van der Waals surface area contributed by atoms with Crippen molar-refractivity contribution in [2.75, 3.05) is 26.3 Å². The average Bonchev–Trinajstić information content (AvgIpc) is 2.47. The molecular weight excluding hydrogens is 178 g/mol. The van der Waals surface area contributed by atoms with Crippen LogP contribution in [-0.2, 0) is 18.3 Å². The molecular formula is C10H17N3O. The zero-order chi connectivity index (χ0) is 9.97. The largest absolute Gasteiger partial charge is 0.379 e. The van der Waals surface area contributed by atoms with Crippen molar-refractivity contribution in [2.45, 2.75) is 13.5 Å². The first-order chi connectivity index (χ1) is 6.75. The molecule has 2 rings (SSSR count). The Labute approximate surface area is 84.5 Å². The fourth-order valence-corrected chi connectivity index (χ4v) is 1.80. The number of ether oxygens (including phenoxy) is 1. The molecule has 1 fully saturated rings. The van der Waals surface area contributed by atoms with Crippen LogP contribution in [0.1, 0.15) is 11.3 Å². The number of aromatic nitrogens is 2. The van der Waals surface area contributed by atoms with Crippen molar-refractivity contribution in [3.63, 3.8) is 0 Å². The second-order valence-corrected chi connectivity index (χ2v) is 3.80. The van der Waals surface area contributed by atoms with Gasteiger partial charge in [0.15, 0.2) is 0 Å². The van der Waals surface area contributed by atoms with Gasteiger partial charge in [-0.3, -0.25) is 9.58 Å². The number of aryl methyl sites for hydroxylation is 2. The van der Waals surface area contributed by atoms with Crippen LogP contribution < -0.4 is 0 Å². The summed E-state index contributed by atoms with van der Waals surface area (Å²) < 4.78 is 7.19. The zero-order valence-corrected chi connectivity index (χ0v) is 8.86. The lowest BCUT2D eigenvalue weighted by Gasteiger charge is -2.26. The van der Waals surface area contributed by atoms with Gasteiger partial charge in [0, 0.05) is 38.4 Å². The number of hydrogen-bond donors (Lipinski definition) is 0. The summed E-state index contributed by atoms with van der Waals surface area (Å²) in [6.45, 7) is 6.86. The van der Waals surface area contributed by atoms with Crippen LogP contribution in [0, 0.1) is 6.92 Å². The zero-order valence-electron chi connectivity index (χ0n) is 8.86. The first kappa shape index (κ1) is 9.68. The lowest BCUT2D eigenvalue weighted by Crippen LogP contribution is -2.35. The predicted octanol–water partition coefficient (Wildman–Crippen LogP) is 0.561. The van der Waals surface area contributed by atoms with Gasteiger partial charge >= 0.3 is 0 Å².